The molecule has 7 heteroatoms. The van der Waals surface area contributed by atoms with Crippen molar-refractivity contribution in [2.24, 2.45) is 0 Å². The fourth-order valence-corrected chi connectivity index (χ4v) is 3.90. The fourth-order valence-electron chi connectivity index (χ4n) is 3.90. The number of nitrogens with zero attached hydrogens (tertiary/aromatic N) is 5. The number of aromatic nitrogens is 3. The van der Waals surface area contributed by atoms with Crippen LogP contribution in [0, 0.1) is 0 Å². The van der Waals surface area contributed by atoms with Gasteiger partial charge in [0, 0.05) is 44.8 Å². The second-order valence-corrected chi connectivity index (χ2v) is 7.87. The minimum Gasteiger partial charge on any atom is -0.352 e. The van der Waals surface area contributed by atoms with Crippen LogP contribution in [0.1, 0.15) is 23.7 Å². The van der Waals surface area contributed by atoms with Gasteiger partial charge in [0.15, 0.2) is 5.65 Å². The first-order chi connectivity index (χ1) is 14.7. The second-order valence-electron chi connectivity index (χ2n) is 7.87. The number of rotatable bonds is 7. The number of nitrogens with one attached hydrogen (secondary N) is 1. The summed E-state index contributed by atoms with van der Waals surface area (Å²) in [6.45, 7) is 8.86. The van der Waals surface area contributed by atoms with E-state index in [1.54, 1.807) is 6.20 Å². The van der Waals surface area contributed by atoms with Gasteiger partial charge in [0.1, 0.15) is 0 Å². The van der Waals surface area contributed by atoms with Crippen LogP contribution in [-0.2, 0) is 6.54 Å². The first-order valence-electron chi connectivity index (χ1n) is 10.8. The molecule has 0 bridgehead atoms. The molecule has 4 rings (SSSR count). The molecule has 0 aliphatic carbocycles. The zero-order valence-electron chi connectivity index (χ0n) is 17.8. The third-order valence-corrected chi connectivity index (χ3v) is 5.76. The number of hydrogen-bond donors (Lipinski definition) is 1. The molecule has 0 unspecified atom stereocenters. The molecule has 0 atom stereocenters. The van der Waals surface area contributed by atoms with E-state index in [1.165, 1.54) is 0 Å². The molecule has 30 heavy (non-hydrogen) atoms. The normalized spacial score (nSPS) is 15.5. The molecule has 3 heterocycles. The van der Waals surface area contributed by atoms with Crippen LogP contribution < -0.4 is 5.32 Å². The highest BCUT2D eigenvalue weighted by molar-refractivity contribution is 6.06. The van der Waals surface area contributed by atoms with Crippen LogP contribution in [0.5, 0.6) is 0 Å². The highest BCUT2D eigenvalue weighted by Gasteiger charge is 2.17. The summed E-state index contributed by atoms with van der Waals surface area (Å²) < 4.78 is 1.84. The van der Waals surface area contributed by atoms with Crippen molar-refractivity contribution in [1.82, 2.24) is 29.9 Å². The van der Waals surface area contributed by atoms with E-state index in [1.807, 2.05) is 48.0 Å². The third kappa shape index (κ3) is 4.52. The lowest BCUT2D eigenvalue weighted by Crippen LogP contribution is -2.45. The van der Waals surface area contributed by atoms with Crippen LogP contribution in [0.2, 0.25) is 0 Å². The Morgan fingerprint density at radius 2 is 1.90 bits per heavy atom. The van der Waals surface area contributed by atoms with Crippen molar-refractivity contribution in [2.45, 2.75) is 19.9 Å². The highest BCUT2D eigenvalue weighted by atomic mass is 16.1. The van der Waals surface area contributed by atoms with E-state index in [0.717, 1.165) is 61.4 Å². The van der Waals surface area contributed by atoms with E-state index in [9.17, 15) is 4.79 Å². The summed E-state index contributed by atoms with van der Waals surface area (Å²) in [6, 6.07) is 11.9. The molecule has 7 nitrogen and oxygen atoms in total. The number of likely N-dealkylation sites (N-methyl/N-ethyl adjacent to an activating group) is 1. The van der Waals surface area contributed by atoms with Gasteiger partial charge in [0.05, 0.1) is 22.8 Å². The van der Waals surface area contributed by atoms with E-state index in [4.69, 9.17) is 4.98 Å². The van der Waals surface area contributed by atoms with Crippen molar-refractivity contribution >= 4 is 16.9 Å². The average molecular weight is 407 g/mol. The Bertz CT molecular complexity index is 992. The summed E-state index contributed by atoms with van der Waals surface area (Å²) in [5.41, 5.74) is 3.17. The zero-order valence-corrected chi connectivity index (χ0v) is 17.8. The van der Waals surface area contributed by atoms with Crippen LogP contribution in [-0.4, -0.2) is 76.8 Å². The van der Waals surface area contributed by atoms with Gasteiger partial charge in [-0.25, -0.2) is 9.67 Å². The molecular weight excluding hydrogens is 376 g/mol. The molecule has 0 saturated carbocycles. The highest BCUT2D eigenvalue weighted by Crippen LogP contribution is 2.24. The summed E-state index contributed by atoms with van der Waals surface area (Å²) in [5.74, 6) is -0.0615. The Kier molecular flexibility index (Phi) is 6.40. The molecule has 1 amide bonds. The van der Waals surface area contributed by atoms with Crippen molar-refractivity contribution in [3.8, 4) is 11.3 Å². The third-order valence-electron chi connectivity index (χ3n) is 5.76. The van der Waals surface area contributed by atoms with E-state index in [2.05, 4.69) is 27.3 Å². The summed E-state index contributed by atoms with van der Waals surface area (Å²) in [4.78, 5) is 22.7. The molecule has 1 aliphatic rings. The maximum atomic E-state index is 13.0. The van der Waals surface area contributed by atoms with Gasteiger partial charge in [0.25, 0.3) is 5.91 Å². The number of amides is 1. The van der Waals surface area contributed by atoms with Crippen molar-refractivity contribution in [1.29, 1.82) is 0 Å². The molecule has 1 saturated heterocycles. The number of carbonyl (C=O) groups is 1. The Hall–Kier alpha value is -2.77. The smallest absolute Gasteiger partial charge is 0.252 e. The summed E-state index contributed by atoms with van der Waals surface area (Å²) in [6.07, 6.45) is 2.70. The Morgan fingerprint density at radius 3 is 2.63 bits per heavy atom. The minimum atomic E-state index is -0.0615. The van der Waals surface area contributed by atoms with Crippen LogP contribution in [0.25, 0.3) is 22.3 Å². The molecule has 3 aromatic rings. The van der Waals surface area contributed by atoms with Gasteiger partial charge in [0.2, 0.25) is 0 Å². The van der Waals surface area contributed by atoms with Gasteiger partial charge in [-0.1, -0.05) is 30.3 Å². The van der Waals surface area contributed by atoms with Crippen LogP contribution >= 0.6 is 0 Å². The number of carbonyl (C=O) groups excluding carboxylic acids is 1. The van der Waals surface area contributed by atoms with Gasteiger partial charge in [-0.05, 0) is 33.0 Å². The van der Waals surface area contributed by atoms with Crippen LogP contribution in [0.15, 0.2) is 42.6 Å². The molecule has 0 spiro atoms. The van der Waals surface area contributed by atoms with Crippen molar-refractivity contribution < 1.29 is 4.79 Å². The fraction of sp³-hybridized carbons (Fsp3) is 0.435. The minimum absolute atomic E-state index is 0.0615. The number of aryl methyl sites for hydroxylation is 1. The van der Waals surface area contributed by atoms with Gasteiger partial charge >= 0.3 is 0 Å². The number of piperazine rings is 1. The van der Waals surface area contributed by atoms with Crippen molar-refractivity contribution in [3.05, 3.63) is 48.2 Å². The average Bonchev–Trinajstić information content (AvgIpc) is 3.21. The predicted molar refractivity (Wildman–Crippen MR) is 120 cm³/mol. The number of pyridine rings is 1. The summed E-state index contributed by atoms with van der Waals surface area (Å²) >= 11 is 0. The monoisotopic (exact) mass is 406 g/mol. The lowest BCUT2D eigenvalue weighted by atomic mass is 10.1. The summed E-state index contributed by atoms with van der Waals surface area (Å²) in [7, 11) is 2.16. The topological polar surface area (TPSA) is 66.3 Å². The molecule has 1 N–H and O–H groups in total. The first-order valence-corrected chi connectivity index (χ1v) is 10.8. The molecule has 1 aliphatic heterocycles. The summed E-state index contributed by atoms with van der Waals surface area (Å²) in [5, 5.41) is 8.32. The number of benzene rings is 1. The van der Waals surface area contributed by atoms with E-state index < -0.39 is 0 Å². The molecule has 1 aromatic carbocycles. The number of hydrogen-bond acceptors (Lipinski definition) is 5. The van der Waals surface area contributed by atoms with Gasteiger partial charge in [-0.2, -0.15) is 5.10 Å². The van der Waals surface area contributed by atoms with Gasteiger partial charge in [-0.15, -0.1) is 0 Å². The van der Waals surface area contributed by atoms with E-state index in [-0.39, 0.29) is 5.91 Å². The zero-order chi connectivity index (χ0) is 20.9. The van der Waals surface area contributed by atoms with Crippen molar-refractivity contribution in [2.75, 3.05) is 46.3 Å². The quantitative estimate of drug-likeness (QED) is 0.611. The van der Waals surface area contributed by atoms with Crippen LogP contribution in [0.3, 0.4) is 0 Å². The molecule has 1 fully saturated rings. The van der Waals surface area contributed by atoms with Gasteiger partial charge in [-0.3, -0.25) is 4.79 Å². The molecular formula is C23H30N6O. The first kappa shape index (κ1) is 20.5. The standard InChI is InChI=1S/C23H30N6O/c1-3-29-22-20(17-25-29)19(16-21(26-22)18-8-5-4-6-9-18)23(30)24-10-7-11-28-14-12-27(2)13-15-28/h4-6,8-9,16-17H,3,7,10-15H2,1-2H3,(H,24,30). The van der Waals surface area contributed by atoms with E-state index >= 15 is 0 Å². The maximum Gasteiger partial charge on any atom is 0.252 e. The Labute approximate surface area is 177 Å². The van der Waals surface area contributed by atoms with Crippen LogP contribution in [0.4, 0.5) is 0 Å². The largest absolute Gasteiger partial charge is 0.352 e. The predicted octanol–water partition coefficient (Wildman–Crippen LogP) is 2.49. The molecule has 0 radical (unpaired) electrons. The lowest BCUT2D eigenvalue weighted by molar-refractivity contribution is 0.0951. The second kappa shape index (κ2) is 9.36. The molecule has 2 aromatic heterocycles. The lowest BCUT2D eigenvalue weighted by Gasteiger charge is -2.32. The Balaban J connectivity index is 1.48. The molecule has 158 valence electrons. The maximum absolute atomic E-state index is 13.0. The van der Waals surface area contributed by atoms with E-state index in [0.29, 0.717) is 18.7 Å². The number of fused-ring (bicyclic) bond motifs is 1. The Morgan fingerprint density at radius 1 is 1.13 bits per heavy atom. The van der Waals surface area contributed by atoms with Crippen molar-refractivity contribution in [3.63, 3.8) is 0 Å². The SMILES string of the molecule is CCn1ncc2c(C(=O)NCCCN3CCN(C)CC3)cc(-c3ccccc3)nc21. The van der Waals surface area contributed by atoms with Gasteiger partial charge < -0.3 is 15.1 Å².